The number of nitrogens with one attached hydrogen (secondary N) is 1. The van der Waals surface area contributed by atoms with Gasteiger partial charge in [0.25, 0.3) is 0 Å². The first-order valence-electron chi connectivity index (χ1n) is 11.5. The molecule has 3 heterocycles. The number of piperidine rings is 1. The fraction of sp³-hybridized carbons (Fsp3) is 0.320. The van der Waals surface area contributed by atoms with Crippen LogP contribution < -0.4 is 15.8 Å². The Labute approximate surface area is 207 Å². The third-order valence-corrected chi connectivity index (χ3v) is 6.34. The zero-order valence-electron chi connectivity index (χ0n) is 19.3. The maximum atomic E-state index is 13.7. The van der Waals surface area contributed by atoms with E-state index in [-0.39, 0.29) is 11.1 Å². The molecular weight excluding hydrogens is 471 g/mol. The maximum Gasteiger partial charge on any atom is 0.162 e. The third-order valence-electron chi connectivity index (χ3n) is 6.05. The average Bonchev–Trinajstić information content (AvgIpc) is 3.34. The van der Waals surface area contributed by atoms with Gasteiger partial charge in [0.1, 0.15) is 23.5 Å². The van der Waals surface area contributed by atoms with Crippen molar-refractivity contribution in [1.29, 1.82) is 0 Å². The number of aromatic nitrogens is 4. The molecule has 0 aliphatic carbocycles. The molecule has 0 amide bonds. The van der Waals surface area contributed by atoms with Crippen LogP contribution in [0.1, 0.15) is 12.8 Å². The first-order valence-corrected chi connectivity index (χ1v) is 11.9. The van der Waals surface area contributed by atoms with E-state index in [4.69, 9.17) is 31.8 Å². The Morgan fingerprint density at radius 2 is 2.00 bits per heavy atom. The molecule has 10 heteroatoms. The smallest absolute Gasteiger partial charge is 0.162 e. The molecule has 0 radical (unpaired) electrons. The molecule has 0 saturated carbocycles. The lowest BCUT2D eigenvalue weighted by molar-refractivity contribution is 0.163. The number of methoxy groups -OCH3 is 1. The molecule has 8 nitrogen and oxygen atoms in total. The summed E-state index contributed by atoms with van der Waals surface area (Å²) in [6, 6.07) is 8.20. The van der Waals surface area contributed by atoms with Crippen LogP contribution in [0.25, 0.3) is 33.4 Å². The van der Waals surface area contributed by atoms with Gasteiger partial charge in [-0.3, -0.25) is 4.68 Å². The Morgan fingerprint density at radius 3 is 2.77 bits per heavy atom. The minimum Gasteiger partial charge on any atom is -0.490 e. The molecule has 1 aliphatic heterocycles. The molecule has 1 saturated heterocycles. The minimum absolute atomic E-state index is 0.000324. The lowest BCUT2D eigenvalue weighted by atomic mass is 10.0. The summed E-state index contributed by atoms with van der Waals surface area (Å²) in [4.78, 5) is 9.18. The number of anilines is 1. The van der Waals surface area contributed by atoms with Crippen molar-refractivity contribution in [3.8, 4) is 28.3 Å². The van der Waals surface area contributed by atoms with Gasteiger partial charge < -0.3 is 20.5 Å². The van der Waals surface area contributed by atoms with Gasteiger partial charge in [-0.2, -0.15) is 5.10 Å². The number of hydrogen-bond donors (Lipinski definition) is 2. The summed E-state index contributed by atoms with van der Waals surface area (Å²) in [5, 5.41) is 8.50. The van der Waals surface area contributed by atoms with Gasteiger partial charge in [0.2, 0.25) is 0 Å². The first kappa shape index (κ1) is 23.5. The monoisotopic (exact) mass is 496 g/mol. The van der Waals surface area contributed by atoms with Crippen LogP contribution in [-0.4, -0.2) is 52.7 Å². The van der Waals surface area contributed by atoms with E-state index >= 15 is 0 Å². The van der Waals surface area contributed by atoms with Crippen molar-refractivity contribution in [1.82, 2.24) is 25.1 Å². The van der Waals surface area contributed by atoms with Crippen LogP contribution in [0.4, 0.5) is 10.2 Å². The van der Waals surface area contributed by atoms with E-state index in [0.29, 0.717) is 47.0 Å². The minimum atomic E-state index is -0.503. The normalized spacial score (nSPS) is 14.5. The number of nitrogens with zero attached hydrogens (tertiary/aromatic N) is 4. The molecule has 0 bridgehead atoms. The van der Waals surface area contributed by atoms with Gasteiger partial charge in [-0.25, -0.2) is 14.4 Å². The predicted octanol–water partition coefficient (Wildman–Crippen LogP) is 4.31. The number of fused-ring (bicyclic) bond motifs is 1. The largest absolute Gasteiger partial charge is 0.490 e. The molecule has 0 atom stereocenters. The zero-order chi connectivity index (χ0) is 24.4. The summed E-state index contributed by atoms with van der Waals surface area (Å²) < 4.78 is 27.1. The highest BCUT2D eigenvalue weighted by molar-refractivity contribution is 6.31. The summed E-state index contributed by atoms with van der Waals surface area (Å²) in [5.74, 6) is 0.883. The second-order valence-corrected chi connectivity index (χ2v) is 8.89. The zero-order valence-corrected chi connectivity index (χ0v) is 20.1. The van der Waals surface area contributed by atoms with Crippen molar-refractivity contribution < 1.29 is 13.9 Å². The number of hydrogen-bond acceptors (Lipinski definition) is 7. The molecule has 35 heavy (non-hydrogen) atoms. The van der Waals surface area contributed by atoms with Gasteiger partial charge in [-0.1, -0.05) is 11.6 Å². The van der Waals surface area contributed by atoms with Crippen molar-refractivity contribution in [2.24, 2.45) is 0 Å². The second-order valence-electron chi connectivity index (χ2n) is 8.48. The van der Waals surface area contributed by atoms with Gasteiger partial charge in [-0.05, 0) is 56.3 Å². The maximum absolute atomic E-state index is 13.7. The van der Waals surface area contributed by atoms with Crippen LogP contribution in [0.5, 0.6) is 5.75 Å². The molecule has 2 aromatic carbocycles. The number of nitrogens with two attached hydrogens (primary N) is 1. The molecule has 0 unspecified atom stereocenters. The van der Waals surface area contributed by atoms with E-state index in [9.17, 15) is 4.39 Å². The number of benzene rings is 2. The van der Waals surface area contributed by atoms with Gasteiger partial charge in [-0.15, -0.1) is 0 Å². The van der Waals surface area contributed by atoms with Crippen molar-refractivity contribution in [2.45, 2.75) is 25.5 Å². The molecule has 1 fully saturated rings. The van der Waals surface area contributed by atoms with Crippen LogP contribution in [-0.2, 0) is 11.3 Å². The second kappa shape index (κ2) is 10.2. The third kappa shape index (κ3) is 5.07. The predicted molar refractivity (Wildman–Crippen MR) is 134 cm³/mol. The molecule has 1 aliphatic rings. The van der Waals surface area contributed by atoms with Crippen molar-refractivity contribution in [3.05, 3.63) is 53.6 Å². The number of halogens is 2. The van der Waals surface area contributed by atoms with E-state index in [2.05, 4.69) is 15.4 Å². The van der Waals surface area contributed by atoms with Crippen LogP contribution in [0.15, 0.2) is 42.7 Å². The highest BCUT2D eigenvalue weighted by Gasteiger charge is 2.20. The summed E-state index contributed by atoms with van der Waals surface area (Å²) in [6.45, 7) is 3.03. The molecule has 0 spiro atoms. The number of ether oxygens (including phenoxy) is 2. The van der Waals surface area contributed by atoms with Gasteiger partial charge >= 0.3 is 0 Å². The van der Waals surface area contributed by atoms with Gasteiger partial charge in [0, 0.05) is 35.4 Å². The van der Waals surface area contributed by atoms with E-state index in [0.717, 1.165) is 37.1 Å². The fourth-order valence-electron chi connectivity index (χ4n) is 4.17. The summed E-state index contributed by atoms with van der Waals surface area (Å²) in [6.07, 6.45) is 5.69. The molecule has 2 aromatic heterocycles. The molecular formula is C25H26ClFN6O2. The Hall–Kier alpha value is -3.27. The van der Waals surface area contributed by atoms with Gasteiger partial charge in [0.05, 0.1) is 29.9 Å². The molecule has 3 N–H and O–H groups in total. The lowest BCUT2D eigenvalue weighted by Crippen LogP contribution is -2.34. The van der Waals surface area contributed by atoms with E-state index in [1.54, 1.807) is 19.4 Å². The van der Waals surface area contributed by atoms with Crippen LogP contribution in [0, 0.1) is 5.82 Å². The SMILES string of the molecule is COCCn1cc(-c2cc3nc(-c4ccc(F)c(Cl)c4)nc(N)c3cc2OC2CCNCC2)cn1. The number of nitrogen functional groups attached to an aromatic ring is 1. The van der Waals surface area contributed by atoms with E-state index in [1.165, 1.54) is 12.1 Å². The Morgan fingerprint density at radius 1 is 1.17 bits per heavy atom. The van der Waals surface area contributed by atoms with Crippen LogP contribution in [0.2, 0.25) is 5.02 Å². The highest BCUT2D eigenvalue weighted by atomic mass is 35.5. The molecule has 5 rings (SSSR count). The Kier molecular flexibility index (Phi) is 6.81. The topological polar surface area (TPSA) is 100 Å². The van der Waals surface area contributed by atoms with E-state index in [1.807, 2.05) is 23.0 Å². The van der Waals surface area contributed by atoms with Crippen LogP contribution in [0.3, 0.4) is 0 Å². The summed E-state index contributed by atoms with van der Waals surface area (Å²) in [5.41, 5.74) is 9.34. The Balaban J connectivity index is 1.60. The highest BCUT2D eigenvalue weighted by Crippen LogP contribution is 2.37. The first-order chi connectivity index (χ1) is 17.0. The van der Waals surface area contributed by atoms with Crippen LogP contribution >= 0.6 is 11.6 Å². The standard InChI is InChI=1S/C25H26ClFN6O2/c1-34-9-8-33-14-16(13-30-33)18-11-22-19(12-23(18)35-17-4-6-29-7-5-17)24(28)32-25(31-22)15-2-3-21(27)20(26)10-15/h2-3,10-14,17,29H,4-9H2,1H3,(H2,28,31,32). The summed E-state index contributed by atoms with van der Waals surface area (Å²) >= 11 is 5.98. The number of rotatable bonds is 7. The quantitative estimate of drug-likeness (QED) is 0.393. The lowest BCUT2D eigenvalue weighted by Gasteiger charge is -2.25. The van der Waals surface area contributed by atoms with Crippen molar-refractivity contribution in [2.75, 3.05) is 32.5 Å². The van der Waals surface area contributed by atoms with E-state index < -0.39 is 5.82 Å². The van der Waals surface area contributed by atoms with Crippen molar-refractivity contribution in [3.63, 3.8) is 0 Å². The molecule has 182 valence electrons. The Bertz CT molecular complexity index is 1360. The molecule has 4 aromatic rings. The fourth-order valence-corrected chi connectivity index (χ4v) is 4.35. The van der Waals surface area contributed by atoms with Gasteiger partial charge in [0.15, 0.2) is 5.82 Å². The average molecular weight is 497 g/mol. The van der Waals surface area contributed by atoms with Crippen molar-refractivity contribution >= 4 is 28.3 Å². The summed E-state index contributed by atoms with van der Waals surface area (Å²) in [7, 11) is 1.66.